The van der Waals surface area contributed by atoms with Crippen LogP contribution < -0.4 is 10.6 Å². The molecule has 0 atom stereocenters. The lowest BCUT2D eigenvalue weighted by Crippen LogP contribution is -2.50. The van der Waals surface area contributed by atoms with Crippen LogP contribution in [0.4, 0.5) is 0 Å². The molecule has 78 valence electrons. The van der Waals surface area contributed by atoms with E-state index >= 15 is 0 Å². The Labute approximate surface area is 82.5 Å². The zero-order valence-corrected chi connectivity index (χ0v) is 8.59. The molecule has 0 radical (unpaired) electrons. The van der Waals surface area contributed by atoms with Crippen LogP contribution in [-0.2, 0) is 11.3 Å². The van der Waals surface area contributed by atoms with Crippen LogP contribution in [0.15, 0.2) is 6.33 Å². The molecule has 6 nitrogen and oxygen atoms in total. The summed E-state index contributed by atoms with van der Waals surface area (Å²) in [6, 6.07) is 0. The number of aromatic amines is 1. The molecule has 0 aromatic carbocycles. The van der Waals surface area contributed by atoms with E-state index in [2.05, 4.69) is 25.8 Å². The number of hydrogen-bond donors (Lipinski definition) is 3. The molecule has 0 spiro atoms. The number of carbonyl (C=O) groups is 1. The van der Waals surface area contributed by atoms with E-state index in [1.165, 1.54) is 6.33 Å². The molecule has 0 unspecified atom stereocenters. The van der Waals surface area contributed by atoms with Gasteiger partial charge < -0.3 is 10.6 Å². The van der Waals surface area contributed by atoms with Gasteiger partial charge in [0.25, 0.3) is 0 Å². The zero-order chi connectivity index (χ0) is 10.6. The highest BCUT2D eigenvalue weighted by Gasteiger charge is 2.24. The summed E-state index contributed by atoms with van der Waals surface area (Å²) in [4.78, 5) is 15.4. The van der Waals surface area contributed by atoms with Crippen molar-refractivity contribution in [3.05, 3.63) is 12.2 Å². The Morgan fingerprint density at radius 2 is 2.36 bits per heavy atom. The van der Waals surface area contributed by atoms with Gasteiger partial charge >= 0.3 is 0 Å². The number of nitrogens with zero attached hydrogens (tertiary/aromatic N) is 2. The van der Waals surface area contributed by atoms with Crippen LogP contribution in [0.5, 0.6) is 0 Å². The Balaban J connectivity index is 2.43. The van der Waals surface area contributed by atoms with E-state index < -0.39 is 5.54 Å². The smallest absolute Gasteiger partial charge is 0.240 e. The quantitative estimate of drug-likeness (QED) is 0.603. The van der Waals surface area contributed by atoms with E-state index in [0.717, 1.165) is 0 Å². The average molecular weight is 197 g/mol. The van der Waals surface area contributed by atoms with Gasteiger partial charge in [0.05, 0.1) is 12.1 Å². The Bertz CT molecular complexity index is 293. The van der Waals surface area contributed by atoms with Crippen LogP contribution in [-0.4, -0.2) is 33.7 Å². The molecule has 1 aromatic rings. The predicted molar refractivity (Wildman–Crippen MR) is 51.4 cm³/mol. The number of aromatic nitrogens is 3. The van der Waals surface area contributed by atoms with E-state index in [4.69, 9.17) is 0 Å². The first kappa shape index (κ1) is 10.6. The van der Waals surface area contributed by atoms with Crippen molar-refractivity contribution in [3.63, 3.8) is 0 Å². The summed E-state index contributed by atoms with van der Waals surface area (Å²) in [5, 5.41) is 12.0. The number of likely N-dealkylation sites (N-methyl/N-ethyl adjacent to an activating group) is 1. The highest BCUT2D eigenvalue weighted by atomic mass is 16.2. The summed E-state index contributed by atoms with van der Waals surface area (Å²) in [6.45, 7) is 3.98. The second-order valence-corrected chi connectivity index (χ2v) is 3.49. The summed E-state index contributed by atoms with van der Waals surface area (Å²) in [5.74, 6) is 0.571. The molecule has 0 aliphatic carbocycles. The molecule has 0 bridgehead atoms. The number of carbonyl (C=O) groups excluding carboxylic acids is 1. The molecule has 0 fully saturated rings. The standard InChI is InChI=1S/C8H15N5O/c1-8(2,9-3)7(14)10-4-6-11-5-12-13-6/h5,9H,4H2,1-3H3,(H,10,14)(H,11,12,13). The Morgan fingerprint density at radius 3 is 2.86 bits per heavy atom. The van der Waals surface area contributed by atoms with E-state index in [1.54, 1.807) is 7.05 Å². The molecular formula is C8H15N5O. The molecular weight excluding hydrogens is 182 g/mol. The molecule has 3 N–H and O–H groups in total. The average Bonchev–Trinajstić information content (AvgIpc) is 2.66. The molecule has 0 saturated carbocycles. The van der Waals surface area contributed by atoms with Crippen molar-refractivity contribution in [1.82, 2.24) is 25.8 Å². The fraction of sp³-hybridized carbons (Fsp3) is 0.625. The summed E-state index contributed by atoms with van der Waals surface area (Å²) < 4.78 is 0. The molecule has 1 heterocycles. The van der Waals surface area contributed by atoms with Gasteiger partial charge in [0.15, 0.2) is 0 Å². The summed E-state index contributed by atoms with van der Waals surface area (Å²) in [6.07, 6.45) is 1.41. The second-order valence-electron chi connectivity index (χ2n) is 3.49. The van der Waals surface area contributed by atoms with E-state index in [-0.39, 0.29) is 5.91 Å². The van der Waals surface area contributed by atoms with Crippen molar-refractivity contribution in [1.29, 1.82) is 0 Å². The van der Waals surface area contributed by atoms with E-state index in [1.807, 2.05) is 13.8 Å². The molecule has 6 heteroatoms. The third-order valence-corrected chi connectivity index (χ3v) is 2.07. The van der Waals surface area contributed by atoms with Gasteiger partial charge in [-0.25, -0.2) is 4.98 Å². The first-order valence-electron chi connectivity index (χ1n) is 4.37. The van der Waals surface area contributed by atoms with Crippen molar-refractivity contribution in [2.75, 3.05) is 7.05 Å². The maximum atomic E-state index is 11.6. The first-order chi connectivity index (χ1) is 6.56. The van der Waals surface area contributed by atoms with Crippen LogP contribution in [0, 0.1) is 0 Å². The van der Waals surface area contributed by atoms with E-state index in [9.17, 15) is 4.79 Å². The summed E-state index contributed by atoms with van der Waals surface area (Å²) in [7, 11) is 1.74. The SMILES string of the molecule is CNC(C)(C)C(=O)NCc1ncn[nH]1. The Kier molecular flexibility index (Phi) is 3.19. The molecule has 0 saturated heterocycles. The highest BCUT2D eigenvalue weighted by Crippen LogP contribution is 2.00. The van der Waals surface area contributed by atoms with Crippen LogP contribution in [0.25, 0.3) is 0 Å². The van der Waals surface area contributed by atoms with Gasteiger partial charge in [0.1, 0.15) is 12.2 Å². The third-order valence-electron chi connectivity index (χ3n) is 2.07. The number of rotatable bonds is 4. The van der Waals surface area contributed by atoms with Gasteiger partial charge in [-0.05, 0) is 20.9 Å². The van der Waals surface area contributed by atoms with Gasteiger partial charge in [0, 0.05) is 0 Å². The largest absolute Gasteiger partial charge is 0.347 e. The van der Waals surface area contributed by atoms with Crippen molar-refractivity contribution < 1.29 is 4.79 Å². The fourth-order valence-corrected chi connectivity index (χ4v) is 0.814. The van der Waals surface area contributed by atoms with Crippen molar-refractivity contribution >= 4 is 5.91 Å². The van der Waals surface area contributed by atoms with Crippen LogP contribution in [0.2, 0.25) is 0 Å². The van der Waals surface area contributed by atoms with Crippen molar-refractivity contribution in [3.8, 4) is 0 Å². The minimum atomic E-state index is -0.569. The molecule has 1 aromatic heterocycles. The first-order valence-corrected chi connectivity index (χ1v) is 4.37. The summed E-state index contributed by atoms with van der Waals surface area (Å²) in [5.41, 5.74) is -0.569. The topological polar surface area (TPSA) is 82.7 Å². The van der Waals surface area contributed by atoms with Gasteiger partial charge in [0.2, 0.25) is 5.91 Å². The number of H-pyrrole nitrogens is 1. The fourth-order valence-electron chi connectivity index (χ4n) is 0.814. The Hall–Kier alpha value is -1.43. The molecule has 14 heavy (non-hydrogen) atoms. The highest BCUT2D eigenvalue weighted by molar-refractivity contribution is 5.85. The van der Waals surface area contributed by atoms with Gasteiger partial charge in [-0.3, -0.25) is 9.89 Å². The molecule has 1 amide bonds. The number of hydrogen-bond acceptors (Lipinski definition) is 4. The number of nitrogens with one attached hydrogen (secondary N) is 3. The minimum Gasteiger partial charge on any atom is -0.347 e. The monoisotopic (exact) mass is 197 g/mol. The predicted octanol–water partition coefficient (Wildman–Crippen LogP) is -0.581. The Morgan fingerprint density at radius 1 is 1.64 bits per heavy atom. The molecule has 1 rings (SSSR count). The lowest BCUT2D eigenvalue weighted by atomic mass is 10.1. The van der Waals surface area contributed by atoms with Crippen LogP contribution >= 0.6 is 0 Å². The molecule has 0 aliphatic heterocycles. The van der Waals surface area contributed by atoms with Crippen LogP contribution in [0.3, 0.4) is 0 Å². The minimum absolute atomic E-state index is 0.0728. The zero-order valence-electron chi connectivity index (χ0n) is 8.59. The second kappa shape index (κ2) is 4.19. The normalized spacial score (nSPS) is 11.4. The van der Waals surface area contributed by atoms with Gasteiger partial charge in [-0.2, -0.15) is 5.10 Å². The van der Waals surface area contributed by atoms with Crippen molar-refractivity contribution in [2.45, 2.75) is 25.9 Å². The lowest BCUT2D eigenvalue weighted by molar-refractivity contribution is -0.126. The maximum absolute atomic E-state index is 11.6. The number of amides is 1. The lowest BCUT2D eigenvalue weighted by Gasteiger charge is -2.22. The van der Waals surface area contributed by atoms with Gasteiger partial charge in [-0.15, -0.1) is 0 Å². The molecule has 0 aliphatic rings. The van der Waals surface area contributed by atoms with E-state index in [0.29, 0.717) is 12.4 Å². The van der Waals surface area contributed by atoms with Crippen LogP contribution in [0.1, 0.15) is 19.7 Å². The maximum Gasteiger partial charge on any atom is 0.240 e. The van der Waals surface area contributed by atoms with Crippen molar-refractivity contribution in [2.24, 2.45) is 0 Å². The summed E-state index contributed by atoms with van der Waals surface area (Å²) >= 11 is 0. The van der Waals surface area contributed by atoms with Gasteiger partial charge in [-0.1, -0.05) is 0 Å². The third kappa shape index (κ3) is 2.53.